The van der Waals surface area contributed by atoms with Gasteiger partial charge in [-0.25, -0.2) is 0 Å². The highest BCUT2D eigenvalue weighted by Crippen LogP contribution is 2.15. The molecule has 0 aromatic rings. The van der Waals surface area contributed by atoms with E-state index in [9.17, 15) is 19.8 Å². The minimum Gasteiger partial charge on any atom is -0.466 e. The summed E-state index contributed by atoms with van der Waals surface area (Å²) in [7, 11) is 0. The molecular weight excluding hydrogens is 731 g/mol. The average molecular weight is 830 g/mol. The number of carbonyl (C=O) groups excluding carboxylic acids is 2. The molecule has 0 radical (unpaired) electrons. The van der Waals surface area contributed by atoms with Crippen molar-refractivity contribution in [2.45, 2.75) is 276 Å². The SMILES string of the molecule is CCCCCCCCCCCCCCCC/C=C/C(O)C(CO)NC(=O)CC/C=C\C/C=C\CCCCCCCCOC(=O)CCCCCCCCCCCCCCC. The molecule has 1 amide bonds. The maximum Gasteiger partial charge on any atom is 0.305 e. The van der Waals surface area contributed by atoms with Gasteiger partial charge in [0.25, 0.3) is 0 Å². The molecule has 3 N–H and O–H groups in total. The number of aliphatic hydroxyl groups is 2. The summed E-state index contributed by atoms with van der Waals surface area (Å²) in [6.45, 7) is 4.84. The van der Waals surface area contributed by atoms with Crippen LogP contribution in [0.3, 0.4) is 0 Å². The van der Waals surface area contributed by atoms with Gasteiger partial charge in [0, 0.05) is 12.8 Å². The van der Waals surface area contributed by atoms with E-state index in [1.54, 1.807) is 6.08 Å². The quantitative estimate of drug-likeness (QED) is 0.0323. The van der Waals surface area contributed by atoms with Gasteiger partial charge in [0.15, 0.2) is 0 Å². The van der Waals surface area contributed by atoms with Gasteiger partial charge in [-0.2, -0.15) is 0 Å². The van der Waals surface area contributed by atoms with Gasteiger partial charge in [0.1, 0.15) is 0 Å². The highest BCUT2D eigenvalue weighted by molar-refractivity contribution is 5.76. The monoisotopic (exact) mass is 830 g/mol. The summed E-state index contributed by atoms with van der Waals surface area (Å²) in [4.78, 5) is 24.4. The Morgan fingerprint density at radius 3 is 1.32 bits per heavy atom. The van der Waals surface area contributed by atoms with E-state index in [-0.39, 0.29) is 18.5 Å². The van der Waals surface area contributed by atoms with Crippen LogP contribution < -0.4 is 5.32 Å². The van der Waals surface area contributed by atoms with Crippen molar-refractivity contribution in [1.82, 2.24) is 5.32 Å². The second-order valence-electron chi connectivity index (χ2n) is 17.5. The van der Waals surface area contributed by atoms with Crippen LogP contribution in [0.4, 0.5) is 0 Å². The van der Waals surface area contributed by atoms with Gasteiger partial charge in [0.2, 0.25) is 5.91 Å². The smallest absolute Gasteiger partial charge is 0.305 e. The van der Waals surface area contributed by atoms with Crippen molar-refractivity contribution < 1.29 is 24.5 Å². The zero-order chi connectivity index (χ0) is 43.0. The lowest BCUT2D eigenvalue weighted by molar-refractivity contribution is -0.143. The lowest BCUT2D eigenvalue weighted by Gasteiger charge is -2.19. The van der Waals surface area contributed by atoms with Crippen LogP contribution in [0.25, 0.3) is 0 Å². The lowest BCUT2D eigenvalue weighted by atomic mass is 10.0. The molecule has 0 fully saturated rings. The second-order valence-corrected chi connectivity index (χ2v) is 17.5. The highest BCUT2D eigenvalue weighted by atomic mass is 16.5. The third-order valence-electron chi connectivity index (χ3n) is 11.7. The van der Waals surface area contributed by atoms with Crippen molar-refractivity contribution in [3.8, 4) is 0 Å². The molecule has 2 unspecified atom stereocenters. The van der Waals surface area contributed by atoms with Gasteiger partial charge in [0.05, 0.1) is 25.4 Å². The van der Waals surface area contributed by atoms with Gasteiger partial charge in [-0.15, -0.1) is 0 Å². The molecule has 6 nitrogen and oxygen atoms in total. The largest absolute Gasteiger partial charge is 0.466 e. The normalized spacial score (nSPS) is 12.9. The first kappa shape index (κ1) is 57.1. The second kappa shape index (κ2) is 48.7. The van der Waals surface area contributed by atoms with E-state index in [0.29, 0.717) is 25.9 Å². The summed E-state index contributed by atoms with van der Waals surface area (Å²) in [6, 6.07) is -0.671. The summed E-state index contributed by atoms with van der Waals surface area (Å²) < 4.78 is 5.44. The standard InChI is InChI=1S/C53H99NO5/c1-3-5-7-9-11-13-15-17-18-19-22-25-29-33-37-41-45-51(56)50(49-55)54-52(57)46-42-38-34-30-26-23-20-24-28-32-36-40-44-48-59-53(58)47-43-39-35-31-27-21-16-14-12-10-8-6-4-2/h23,26,34,38,41,45,50-51,55-56H,3-22,24-25,27-33,35-37,39-40,42-44,46-49H2,1-2H3,(H,54,57)/b26-23-,38-34-,45-41+. The zero-order valence-electron chi connectivity index (χ0n) is 39.2. The minimum absolute atomic E-state index is 0.0174. The fourth-order valence-corrected chi connectivity index (χ4v) is 7.68. The van der Waals surface area contributed by atoms with Crippen molar-refractivity contribution in [3.05, 3.63) is 36.5 Å². The molecule has 6 heteroatoms. The van der Waals surface area contributed by atoms with Gasteiger partial charge in [-0.3, -0.25) is 9.59 Å². The van der Waals surface area contributed by atoms with E-state index in [0.717, 1.165) is 51.4 Å². The Morgan fingerprint density at radius 1 is 0.475 bits per heavy atom. The predicted octanol–water partition coefficient (Wildman–Crippen LogP) is 15.3. The Labute approximate surface area is 366 Å². The first-order valence-corrected chi connectivity index (χ1v) is 25.8. The lowest BCUT2D eigenvalue weighted by Crippen LogP contribution is -2.45. The number of amides is 1. The molecule has 0 aliphatic carbocycles. The third-order valence-corrected chi connectivity index (χ3v) is 11.7. The number of esters is 1. The molecular formula is C53H99NO5. The van der Waals surface area contributed by atoms with Gasteiger partial charge >= 0.3 is 5.97 Å². The number of carbonyl (C=O) groups is 2. The molecule has 0 heterocycles. The highest BCUT2D eigenvalue weighted by Gasteiger charge is 2.17. The van der Waals surface area contributed by atoms with Crippen LogP contribution in [0, 0.1) is 0 Å². The van der Waals surface area contributed by atoms with Crippen molar-refractivity contribution in [1.29, 1.82) is 0 Å². The van der Waals surface area contributed by atoms with Crippen molar-refractivity contribution in [2.24, 2.45) is 0 Å². The summed E-state index contributed by atoms with van der Waals surface area (Å²) >= 11 is 0. The van der Waals surface area contributed by atoms with Gasteiger partial charge in [-0.05, 0) is 51.4 Å². The van der Waals surface area contributed by atoms with Crippen LogP contribution in [0.2, 0.25) is 0 Å². The maximum atomic E-state index is 12.4. The predicted molar refractivity (Wildman–Crippen MR) is 255 cm³/mol. The minimum atomic E-state index is -0.878. The van der Waals surface area contributed by atoms with Gasteiger partial charge in [-0.1, -0.05) is 237 Å². The third kappa shape index (κ3) is 45.4. The number of nitrogens with one attached hydrogen (secondary N) is 1. The first-order chi connectivity index (χ1) is 29.0. The molecule has 0 bridgehead atoms. The van der Waals surface area contributed by atoms with Crippen LogP contribution >= 0.6 is 0 Å². The molecule has 0 aromatic heterocycles. The fourth-order valence-electron chi connectivity index (χ4n) is 7.68. The number of unbranched alkanes of at least 4 members (excludes halogenated alkanes) is 32. The van der Waals surface area contributed by atoms with Crippen LogP contribution in [-0.2, 0) is 14.3 Å². The fraction of sp³-hybridized carbons (Fsp3) is 0.849. The Hall–Kier alpha value is -1.92. The van der Waals surface area contributed by atoms with Crippen LogP contribution in [-0.4, -0.2) is 47.4 Å². The maximum absolute atomic E-state index is 12.4. The summed E-state index contributed by atoms with van der Waals surface area (Å²) in [6.07, 6.45) is 58.7. The summed E-state index contributed by atoms with van der Waals surface area (Å²) in [5.74, 6) is -0.166. The van der Waals surface area contributed by atoms with E-state index in [2.05, 4.69) is 37.4 Å². The zero-order valence-corrected chi connectivity index (χ0v) is 39.2. The average Bonchev–Trinajstić information content (AvgIpc) is 3.24. The summed E-state index contributed by atoms with van der Waals surface area (Å²) in [5, 5.41) is 23.0. The first-order valence-electron chi connectivity index (χ1n) is 25.8. The molecule has 346 valence electrons. The van der Waals surface area contributed by atoms with E-state index in [1.165, 1.54) is 180 Å². The van der Waals surface area contributed by atoms with E-state index < -0.39 is 12.1 Å². The van der Waals surface area contributed by atoms with Crippen LogP contribution in [0.5, 0.6) is 0 Å². The van der Waals surface area contributed by atoms with Crippen LogP contribution in [0.15, 0.2) is 36.5 Å². The number of rotatable bonds is 47. The molecule has 0 aliphatic heterocycles. The molecule has 59 heavy (non-hydrogen) atoms. The Balaban J connectivity index is 3.59. The molecule has 0 aliphatic rings. The number of hydrogen-bond donors (Lipinski definition) is 3. The van der Waals surface area contributed by atoms with E-state index in [1.807, 2.05) is 12.2 Å². The van der Waals surface area contributed by atoms with Gasteiger partial charge < -0.3 is 20.3 Å². The Bertz CT molecular complexity index is 962. The summed E-state index contributed by atoms with van der Waals surface area (Å²) in [5.41, 5.74) is 0. The molecule has 0 rings (SSSR count). The van der Waals surface area contributed by atoms with E-state index in [4.69, 9.17) is 4.74 Å². The Morgan fingerprint density at radius 2 is 0.864 bits per heavy atom. The molecule has 2 atom stereocenters. The number of ether oxygens (including phenoxy) is 1. The van der Waals surface area contributed by atoms with E-state index >= 15 is 0 Å². The topological polar surface area (TPSA) is 95.9 Å². The number of allylic oxidation sites excluding steroid dienone is 5. The molecule has 0 aromatic carbocycles. The molecule has 0 saturated heterocycles. The van der Waals surface area contributed by atoms with Crippen molar-refractivity contribution in [3.63, 3.8) is 0 Å². The molecule has 0 spiro atoms. The molecule has 0 saturated carbocycles. The van der Waals surface area contributed by atoms with Crippen molar-refractivity contribution >= 4 is 11.9 Å². The number of aliphatic hydroxyl groups excluding tert-OH is 2. The Kier molecular flexibility index (Phi) is 47.2. The van der Waals surface area contributed by atoms with Crippen LogP contribution in [0.1, 0.15) is 264 Å². The number of hydrogen-bond acceptors (Lipinski definition) is 5. The van der Waals surface area contributed by atoms with Crippen molar-refractivity contribution in [2.75, 3.05) is 13.2 Å².